The molecule has 28 heavy (non-hydrogen) atoms. The first-order valence-electron chi connectivity index (χ1n) is 10.1. The number of halogens is 1. The summed E-state index contributed by atoms with van der Waals surface area (Å²) in [6, 6.07) is 11.1. The Bertz CT molecular complexity index is 903. The Morgan fingerprint density at radius 2 is 2.04 bits per heavy atom. The summed E-state index contributed by atoms with van der Waals surface area (Å²) in [4.78, 5) is 7.25. The molecule has 1 unspecified atom stereocenters. The molecule has 146 valence electrons. The van der Waals surface area contributed by atoms with Gasteiger partial charge in [0.2, 0.25) is 0 Å². The molecule has 2 aromatic heterocycles. The highest BCUT2D eigenvalue weighted by atomic mass is 19.1. The Kier molecular flexibility index (Phi) is 5.81. The van der Waals surface area contributed by atoms with Gasteiger partial charge in [0.25, 0.3) is 0 Å². The quantitative estimate of drug-likeness (QED) is 0.637. The molecular weight excluding hydrogens is 351 g/mol. The second-order valence-corrected chi connectivity index (χ2v) is 7.68. The number of pyridine rings is 1. The van der Waals surface area contributed by atoms with Crippen molar-refractivity contribution in [1.29, 1.82) is 0 Å². The molecule has 3 aromatic rings. The second kappa shape index (κ2) is 8.65. The molecule has 0 spiro atoms. The molecule has 1 atom stereocenters. The number of hydrogen-bond donors (Lipinski definition) is 0. The molecule has 1 aromatic carbocycles. The zero-order chi connectivity index (χ0) is 19.3. The van der Waals surface area contributed by atoms with Gasteiger partial charge in [-0.25, -0.2) is 4.39 Å². The van der Waals surface area contributed by atoms with Gasteiger partial charge in [0, 0.05) is 49.2 Å². The van der Waals surface area contributed by atoms with Crippen LogP contribution in [0.15, 0.2) is 55.0 Å². The van der Waals surface area contributed by atoms with Gasteiger partial charge < -0.3 is 0 Å². The van der Waals surface area contributed by atoms with E-state index < -0.39 is 0 Å². The van der Waals surface area contributed by atoms with Crippen molar-refractivity contribution in [3.63, 3.8) is 0 Å². The topological polar surface area (TPSA) is 34.0 Å². The molecule has 0 bridgehead atoms. The molecule has 4 nitrogen and oxygen atoms in total. The second-order valence-electron chi connectivity index (χ2n) is 7.68. The first kappa shape index (κ1) is 18.8. The summed E-state index contributed by atoms with van der Waals surface area (Å²) in [5.41, 5.74) is 4.54. The number of aryl methyl sites for hydroxylation is 1. The summed E-state index contributed by atoms with van der Waals surface area (Å²) in [7, 11) is 0. The predicted octanol–water partition coefficient (Wildman–Crippen LogP) is 4.41. The lowest BCUT2D eigenvalue weighted by Gasteiger charge is -2.32. The largest absolute Gasteiger partial charge is 0.298 e. The lowest BCUT2D eigenvalue weighted by molar-refractivity contribution is 0.198. The predicted molar refractivity (Wildman–Crippen MR) is 109 cm³/mol. The van der Waals surface area contributed by atoms with Gasteiger partial charge in [-0.2, -0.15) is 5.10 Å². The number of aromatic nitrogens is 3. The summed E-state index contributed by atoms with van der Waals surface area (Å²) in [6.45, 7) is 6.14. The van der Waals surface area contributed by atoms with E-state index in [9.17, 15) is 4.39 Å². The number of likely N-dealkylation sites (tertiary alicyclic amines) is 1. The van der Waals surface area contributed by atoms with Crippen molar-refractivity contribution in [3.8, 4) is 0 Å². The molecule has 5 heteroatoms. The third kappa shape index (κ3) is 4.65. The number of rotatable bonds is 6. The zero-order valence-corrected chi connectivity index (χ0v) is 16.4. The van der Waals surface area contributed by atoms with Gasteiger partial charge in [0.15, 0.2) is 0 Å². The average molecular weight is 378 g/mol. The van der Waals surface area contributed by atoms with E-state index in [0.717, 1.165) is 43.0 Å². The summed E-state index contributed by atoms with van der Waals surface area (Å²) < 4.78 is 15.3. The standard InChI is InChI=1S/C23H27FN4/c1-2-28-16-20(14-26-28)15-27-10-4-6-21(17-27)23-9-8-19(13-25-23)11-18-5-3-7-22(24)12-18/h3,5,7-9,12-14,16,21H,2,4,6,10-11,15,17H2,1H3. The fourth-order valence-electron chi connectivity index (χ4n) is 4.02. The van der Waals surface area contributed by atoms with Crippen LogP contribution in [-0.4, -0.2) is 32.8 Å². The smallest absolute Gasteiger partial charge is 0.123 e. The van der Waals surface area contributed by atoms with Crippen molar-refractivity contribution in [2.24, 2.45) is 0 Å². The highest BCUT2D eigenvalue weighted by Crippen LogP contribution is 2.27. The van der Waals surface area contributed by atoms with Crippen LogP contribution in [0.4, 0.5) is 4.39 Å². The fourth-order valence-corrected chi connectivity index (χ4v) is 4.02. The van der Waals surface area contributed by atoms with E-state index in [-0.39, 0.29) is 5.82 Å². The van der Waals surface area contributed by atoms with Crippen LogP contribution in [0.2, 0.25) is 0 Å². The number of nitrogens with zero attached hydrogens (tertiary/aromatic N) is 4. The van der Waals surface area contributed by atoms with Crippen molar-refractivity contribution in [1.82, 2.24) is 19.7 Å². The van der Waals surface area contributed by atoms with E-state index in [0.29, 0.717) is 12.3 Å². The zero-order valence-electron chi connectivity index (χ0n) is 16.4. The van der Waals surface area contributed by atoms with E-state index >= 15 is 0 Å². The molecule has 0 aliphatic carbocycles. The van der Waals surface area contributed by atoms with E-state index in [1.807, 2.05) is 23.1 Å². The number of hydrogen-bond acceptors (Lipinski definition) is 3. The van der Waals surface area contributed by atoms with Crippen molar-refractivity contribution in [3.05, 3.63) is 83.2 Å². The first-order valence-corrected chi connectivity index (χ1v) is 10.1. The molecule has 4 rings (SSSR count). The van der Waals surface area contributed by atoms with Crippen molar-refractivity contribution < 1.29 is 4.39 Å². The van der Waals surface area contributed by atoms with Gasteiger partial charge in [-0.3, -0.25) is 14.6 Å². The Morgan fingerprint density at radius 3 is 2.79 bits per heavy atom. The van der Waals surface area contributed by atoms with Crippen LogP contribution < -0.4 is 0 Å². The highest BCUT2D eigenvalue weighted by molar-refractivity contribution is 5.26. The summed E-state index contributed by atoms with van der Waals surface area (Å²) in [5, 5.41) is 4.38. The monoisotopic (exact) mass is 378 g/mol. The van der Waals surface area contributed by atoms with Crippen molar-refractivity contribution in [2.45, 2.75) is 45.2 Å². The van der Waals surface area contributed by atoms with E-state index in [2.05, 4.69) is 35.3 Å². The van der Waals surface area contributed by atoms with Gasteiger partial charge in [0.1, 0.15) is 5.82 Å². The highest BCUT2D eigenvalue weighted by Gasteiger charge is 2.22. The SMILES string of the molecule is CCn1cc(CN2CCCC(c3ccc(Cc4cccc(F)c4)cn3)C2)cn1. The van der Waals surface area contributed by atoms with Crippen LogP contribution in [-0.2, 0) is 19.5 Å². The van der Waals surface area contributed by atoms with Crippen LogP contribution in [0.25, 0.3) is 0 Å². The van der Waals surface area contributed by atoms with E-state index in [1.165, 1.54) is 24.5 Å². The summed E-state index contributed by atoms with van der Waals surface area (Å²) >= 11 is 0. The maximum Gasteiger partial charge on any atom is 0.123 e. The molecule has 1 aliphatic heterocycles. The third-order valence-electron chi connectivity index (χ3n) is 5.49. The van der Waals surface area contributed by atoms with Crippen LogP contribution in [0.5, 0.6) is 0 Å². The maximum atomic E-state index is 13.4. The number of benzene rings is 1. The minimum absolute atomic E-state index is 0.186. The van der Waals surface area contributed by atoms with Gasteiger partial charge in [0.05, 0.1) is 6.20 Å². The van der Waals surface area contributed by atoms with Gasteiger partial charge in [-0.05, 0) is 62.1 Å². The molecule has 1 fully saturated rings. The van der Waals surface area contributed by atoms with Crippen molar-refractivity contribution >= 4 is 0 Å². The first-order chi connectivity index (χ1) is 13.7. The number of piperidine rings is 1. The molecule has 0 amide bonds. The molecular formula is C23H27FN4. The summed E-state index contributed by atoms with van der Waals surface area (Å²) in [5.74, 6) is 0.284. The Balaban J connectivity index is 1.38. The molecule has 0 saturated carbocycles. The molecule has 1 aliphatic rings. The fraction of sp³-hybridized carbons (Fsp3) is 0.391. The van der Waals surface area contributed by atoms with Crippen LogP contribution >= 0.6 is 0 Å². The minimum atomic E-state index is -0.186. The molecule has 0 radical (unpaired) electrons. The Labute approximate surface area is 166 Å². The van der Waals surface area contributed by atoms with Gasteiger partial charge >= 0.3 is 0 Å². The Morgan fingerprint density at radius 1 is 1.11 bits per heavy atom. The molecule has 0 N–H and O–H groups in total. The van der Waals surface area contributed by atoms with Gasteiger partial charge in [-0.1, -0.05) is 18.2 Å². The lowest BCUT2D eigenvalue weighted by Crippen LogP contribution is -2.34. The minimum Gasteiger partial charge on any atom is -0.298 e. The summed E-state index contributed by atoms with van der Waals surface area (Å²) in [6.07, 6.45) is 9.16. The van der Waals surface area contributed by atoms with Crippen LogP contribution in [0.3, 0.4) is 0 Å². The molecule has 1 saturated heterocycles. The van der Waals surface area contributed by atoms with E-state index in [1.54, 1.807) is 12.1 Å². The maximum absolute atomic E-state index is 13.4. The molecule has 3 heterocycles. The lowest BCUT2D eigenvalue weighted by atomic mass is 9.93. The van der Waals surface area contributed by atoms with Crippen LogP contribution in [0.1, 0.15) is 48.1 Å². The van der Waals surface area contributed by atoms with Crippen molar-refractivity contribution in [2.75, 3.05) is 13.1 Å². The van der Waals surface area contributed by atoms with Gasteiger partial charge in [-0.15, -0.1) is 0 Å². The average Bonchev–Trinajstić information content (AvgIpc) is 3.16. The Hall–Kier alpha value is -2.53. The van der Waals surface area contributed by atoms with E-state index in [4.69, 9.17) is 4.98 Å². The van der Waals surface area contributed by atoms with Crippen LogP contribution in [0, 0.1) is 5.82 Å². The normalized spacial score (nSPS) is 17.7. The third-order valence-corrected chi connectivity index (χ3v) is 5.49.